The van der Waals surface area contributed by atoms with Gasteiger partial charge in [0.05, 0.1) is 40.2 Å². The molecule has 4 aromatic rings. The topological polar surface area (TPSA) is 94.1 Å². The number of thiazole rings is 1. The van der Waals surface area contributed by atoms with Crippen LogP contribution in [-0.2, 0) is 16.2 Å². The largest absolute Gasteiger partial charge is 0.493 e. The van der Waals surface area contributed by atoms with E-state index in [1.165, 1.54) is 29.5 Å². The van der Waals surface area contributed by atoms with Crippen LogP contribution in [-0.4, -0.2) is 30.0 Å². The lowest BCUT2D eigenvalue weighted by Crippen LogP contribution is -2.19. The van der Waals surface area contributed by atoms with Crippen LogP contribution in [0.5, 0.6) is 5.75 Å². The van der Waals surface area contributed by atoms with E-state index >= 15 is 0 Å². The second kappa shape index (κ2) is 9.38. The number of hydrogen-bond acceptors (Lipinski definition) is 7. The van der Waals surface area contributed by atoms with E-state index in [1.807, 2.05) is 0 Å². The maximum Gasteiger partial charge on any atom is 0.416 e. The molecule has 0 saturated heterocycles. The summed E-state index contributed by atoms with van der Waals surface area (Å²) in [7, 11) is -4.12. The molecule has 2 aromatic heterocycles. The molecule has 1 aliphatic rings. The number of aromatic nitrogens is 3. The van der Waals surface area contributed by atoms with E-state index in [1.54, 1.807) is 18.4 Å². The second-order valence-corrected chi connectivity index (χ2v) is 11.0. The zero-order chi connectivity index (χ0) is 26.4. The minimum Gasteiger partial charge on any atom is -0.493 e. The number of halogens is 4. The quantitative estimate of drug-likeness (QED) is 0.317. The molecule has 0 spiro atoms. The van der Waals surface area contributed by atoms with Crippen molar-refractivity contribution in [3.05, 3.63) is 81.7 Å². The molecule has 0 amide bonds. The van der Waals surface area contributed by atoms with Crippen molar-refractivity contribution < 1.29 is 30.7 Å². The van der Waals surface area contributed by atoms with Crippen LogP contribution < -0.4 is 9.46 Å². The smallest absolute Gasteiger partial charge is 0.416 e. The fourth-order valence-electron chi connectivity index (χ4n) is 4.15. The fourth-order valence-corrected chi connectivity index (χ4v) is 5.74. The van der Waals surface area contributed by atoms with Crippen LogP contribution in [0.4, 0.5) is 23.5 Å². The summed E-state index contributed by atoms with van der Waals surface area (Å²) < 4.78 is 87.2. The standard InChI is InChI=1S/C24H18F4N4O3S2/c1-13-31-21(12-36-13)20-8-14(24(26,27)28)2-4-17(20)18-6-7-35-22-9-16(3-5-19(18)22)37(33,34)32-23-29-10-15(25)11-30-23/h2-5,8-12,18H,6-7H2,1H3,(H,29,30,32). The highest BCUT2D eigenvalue weighted by Gasteiger charge is 2.33. The molecule has 13 heteroatoms. The Morgan fingerprint density at radius 3 is 2.49 bits per heavy atom. The Kier molecular flexibility index (Phi) is 6.36. The van der Waals surface area contributed by atoms with E-state index in [9.17, 15) is 26.0 Å². The van der Waals surface area contributed by atoms with Crippen molar-refractivity contribution in [1.82, 2.24) is 15.0 Å². The first kappa shape index (κ1) is 25.1. The van der Waals surface area contributed by atoms with Gasteiger partial charge in [-0.3, -0.25) is 0 Å². The van der Waals surface area contributed by atoms with Crippen molar-refractivity contribution in [1.29, 1.82) is 0 Å². The number of ether oxygens (including phenoxy) is 1. The van der Waals surface area contributed by atoms with E-state index in [0.717, 1.165) is 29.5 Å². The van der Waals surface area contributed by atoms with Crippen molar-refractivity contribution in [3.63, 3.8) is 0 Å². The molecule has 0 saturated carbocycles. The molecular formula is C24H18F4N4O3S2. The third-order valence-electron chi connectivity index (χ3n) is 5.83. The Morgan fingerprint density at radius 1 is 1.08 bits per heavy atom. The molecule has 0 radical (unpaired) electrons. The Bertz CT molecular complexity index is 1570. The van der Waals surface area contributed by atoms with Gasteiger partial charge in [0, 0.05) is 28.5 Å². The number of sulfonamides is 1. The minimum atomic E-state index is -4.52. The van der Waals surface area contributed by atoms with E-state index in [4.69, 9.17) is 4.74 Å². The zero-order valence-electron chi connectivity index (χ0n) is 19.1. The van der Waals surface area contributed by atoms with Crippen molar-refractivity contribution in [2.75, 3.05) is 11.3 Å². The summed E-state index contributed by atoms with van der Waals surface area (Å²) in [5.74, 6) is -1.08. The van der Waals surface area contributed by atoms with Crippen LogP contribution in [0.25, 0.3) is 11.3 Å². The molecule has 5 rings (SSSR count). The third kappa shape index (κ3) is 5.14. The van der Waals surface area contributed by atoms with Crippen molar-refractivity contribution in [3.8, 4) is 17.0 Å². The molecule has 0 aliphatic carbocycles. The van der Waals surface area contributed by atoms with Gasteiger partial charge in [0.15, 0.2) is 5.82 Å². The Balaban J connectivity index is 1.54. The van der Waals surface area contributed by atoms with Gasteiger partial charge in [0.25, 0.3) is 10.0 Å². The summed E-state index contributed by atoms with van der Waals surface area (Å²) in [6.07, 6.45) is -2.38. The lowest BCUT2D eigenvalue weighted by Gasteiger charge is -2.28. The predicted octanol–water partition coefficient (Wildman–Crippen LogP) is 5.78. The van der Waals surface area contributed by atoms with E-state index < -0.39 is 27.6 Å². The highest BCUT2D eigenvalue weighted by atomic mass is 32.2. The Labute approximate surface area is 213 Å². The molecule has 0 bridgehead atoms. The summed E-state index contributed by atoms with van der Waals surface area (Å²) in [6.45, 7) is 2.00. The average Bonchev–Trinajstić information content (AvgIpc) is 3.30. The van der Waals surface area contributed by atoms with E-state index in [2.05, 4.69) is 19.7 Å². The predicted molar refractivity (Wildman–Crippen MR) is 128 cm³/mol. The minimum absolute atomic E-state index is 0.136. The maximum atomic E-state index is 13.5. The summed E-state index contributed by atoms with van der Waals surface area (Å²) in [4.78, 5) is 11.5. The molecular weight excluding hydrogens is 532 g/mol. The Hall–Kier alpha value is -3.58. The monoisotopic (exact) mass is 550 g/mol. The number of benzene rings is 2. The van der Waals surface area contributed by atoms with Crippen molar-refractivity contribution in [2.24, 2.45) is 0 Å². The van der Waals surface area contributed by atoms with Gasteiger partial charge in [-0.1, -0.05) is 12.1 Å². The highest BCUT2D eigenvalue weighted by molar-refractivity contribution is 7.92. The first-order valence-electron chi connectivity index (χ1n) is 10.9. The summed E-state index contributed by atoms with van der Waals surface area (Å²) in [6, 6.07) is 7.87. The lowest BCUT2D eigenvalue weighted by atomic mass is 9.83. The molecule has 0 fully saturated rings. The number of nitrogens with one attached hydrogen (secondary N) is 1. The van der Waals surface area contributed by atoms with Crippen molar-refractivity contribution in [2.45, 2.75) is 30.3 Å². The van der Waals surface area contributed by atoms with Gasteiger partial charge in [-0.2, -0.15) is 13.2 Å². The first-order valence-corrected chi connectivity index (χ1v) is 13.3. The summed E-state index contributed by atoms with van der Waals surface area (Å²) >= 11 is 1.34. The number of fused-ring (bicyclic) bond motifs is 1. The van der Waals surface area contributed by atoms with Crippen molar-refractivity contribution >= 4 is 27.3 Å². The van der Waals surface area contributed by atoms with Gasteiger partial charge in [0.2, 0.25) is 5.95 Å². The number of nitrogens with zero attached hydrogens (tertiary/aromatic N) is 3. The number of anilines is 1. The molecule has 1 unspecified atom stereocenters. The average molecular weight is 551 g/mol. The van der Waals surface area contributed by atoms with E-state index in [0.29, 0.717) is 34.6 Å². The van der Waals surface area contributed by atoms with Crippen LogP contribution in [0, 0.1) is 12.7 Å². The molecule has 192 valence electrons. The van der Waals surface area contributed by atoms with Gasteiger partial charge < -0.3 is 4.74 Å². The highest BCUT2D eigenvalue weighted by Crippen LogP contribution is 2.44. The number of aryl methyl sites for hydroxylation is 1. The van der Waals surface area contributed by atoms with Gasteiger partial charge >= 0.3 is 6.18 Å². The van der Waals surface area contributed by atoms with E-state index in [-0.39, 0.29) is 23.4 Å². The van der Waals surface area contributed by atoms with Crippen LogP contribution in [0.15, 0.2) is 59.1 Å². The molecule has 1 N–H and O–H groups in total. The maximum absolute atomic E-state index is 13.5. The summed E-state index contributed by atoms with van der Waals surface area (Å²) in [5, 5.41) is 2.44. The molecule has 2 aromatic carbocycles. The normalized spacial score (nSPS) is 15.6. The number of alkyl halides is 3. The SMILES string of the molecule is Cc1nc(-c2cc(C(F)(F)F)ccc2C2CCOc3cc(S(=O)(=O)Nc4ncc(F)cn4)ccc32)cs1. The van der Waals surface area contributed by atoms with Crippen LogP contribution in [0.2, 0.25) is 0 Å². The van der Waals surface area contributed by atoms with Gasteiger partial charge in [-0.25, -0.2) is 32.5 Å². The molecule has 3 heterocycles. The molecule has 1 atom stereocenters. The van der Waals surface area contributed by atoms with Gasteiger partial charge in [-0.05, 0) is 37.1 Å². The first-order chi connectivity index (χ1) is 17.5. The third-order valence-corrected chi connectivity index (χ3v) is 7.93. The number of rotatable bonds is 5. The lowest BCUT2D eigenvalue weighted by molar-refractivity contribution is -0.137. The van der Waals surface area contributed by atoms with Crippen LogP contribution in [0.1, 0.15) is 34.0 Å². The number of hydrogen-bond donors (Lipinski definition) is 1. The van der Waals surface area contributed by atoms with Gasteiger partial charge in [0.1, 0.15) is 5.75 Å². The molecule has 1 aliphatic heterocycles. The zero-order valence-corrected chi connectivity index (χ0v) is 20.7. The van der Waals surface area contributed by atoms with Gasteiger partial charge in [-0.15, -0.1) is 11.3 Å². The molecule has 7 nitrogen and oxygen atoms in total. The van der Waals surface area contributed by atoms with Crippen LogP contribution in [0.3, 0.4) is 0 Å². The van der Waals surface area contributed by atoms with Crippen LogP contribution >= 0.6 is 11.3 Å². The Morgan fingerprint density at radius 2 is 1.81 bits per heavy atom. The summed E-state index contributed by atoms with van der Waals surface area (Å²) in [5.41, 5.74) is 1.30. The second-order valence-electron chi connectivity index (χ2n) is 8.27. The fraction of sp³-hybridized carbons (Fsp3) is 0.208. The molecule has 37 heavy (non-hydrogen) atoms.